The molecule has 0 radical (unpaired) electrons. The minimum atomic E-state index is -0.275. The fourth-order valence-electron chi connectivity index (χ4n) is 3.76. The van der Waals surface area contributed by atoms with Gasteiger partial charge in [-0.05, 0) is 37.6 Å². The SMILES string of the molecule is CC(=O)N1CCN(c2cc(-n3nc(C)cc3C)nc(Cc3cccc(F)c3)n2)CC1. The Hall–Kier alpha value is -3.29. The van der Waals surface area contributed by atoms with Crippen molar-refractivity contribution < 1.29 is 9.18 Å². The molecule has 156 valence electrons. The predicted molar refractivity (Wildman–Crippen MR) is 112 cm³/mol. The second-order valence-electron chi connectivity index (χ2n) is 7.64. The molecule has 1 aromatic carbocycles. The van der Waals surface area contributed by atoms with Gasteiger partial charge in [-0.3, -0.25) is 4.79 Å². The molecule has 1 aliphatic rings. The molecular weight excluding hydrogens is 383 g/mol. The average molecular weight is 408 g/mol. The molecule has 1 aliphatic heterocycles. The first-order valence-electron chi connectivity index (χ1n) is 10.1. The van der Waals surface area contributed by atoms with Crippen LogP contribution in [0.1, 0.15) is 29.7 Å². The summed E-state index contributed by atoms with van der Waals surface area (Å²) in [6.07, 6.45) is 0.422. The number of benzene rings is 1. The summed E-state index contributed by atoms with van der Waals surface area (Å²) in [6, 6.07) is 10.4. The van der Waals surface area contributed by atoms with Crippen LogP contribution in [0.4, 0.5) is 10.2 Å². The summed E-state index contributed by atoms with van der Waals surface area (Å²) < 4.78 is 15.5. The Kier molecular flexibility index (Phi) is 5.48. The van der Waals surface area contributed by atoms with Crippen molar-refractivity contribution in [2.45, 2.75) is 27.2 Å². The number of nitrogens with zero attached hydrogens (tertiary/aromatic N) is 6. The minimum absolute atomic E-state index is 0.0902. The number of anilines is 1. The van der Waals surface area contributed by atoms with Crippen molar-refractivity contribution in [1.29, 1.82) is 0 Å². The summed E-state index contributed by atoms with van der Waals surface area (Å²) in [5.41, 5.74) is 2.71. The largest absolute Gasteiger partial charge is 0.353 e. The first-order chi connectivity index (χ1) is 14.4. The monoisotopic (exact) mass is 408 g/mol. The third kappa shape index (κ3) is 4.32. The molecule has 0 spiro atoms. The normalized spacial score (nSPS) is 14.3. The molecule has 1 amide bonds. The minimum Gasteiger partial charge on any atom is -0.353 e. The number of carbonyl (C=O) groups excluding carboxylic acids is 1. The number of halogens is 1. The Morgan fingerprint density at radius 3 is 2.40 bits per heavy atom. The van der Waals surface area contributed by atoms with Crippen molar-refractivity contribution in [3.63, 3.8) is 0 Å². The molecule has 2 aromatic heterocycles. The summed E-state index contributed by atoms with van der Waals surface area (Å²) >= 11 is 0. The molecule has 8 heteroatoms. The van der Waals surface area contributed by atoms with Crippen LogP contribution in [-0.4, -0.2) is 56.7 Å². The lowest BCUT2D eigenvalue weighted by Gasteiger charge is -2.35. The summed E-state index contributed by atoms with van der Waals surface area (Å²) in [7, 11) is 0. The van der Waals surface area contributed by atoms with Crippen LogP contribution in [0, 0.1) is 19.7 Å². The van der Waals surface area contributed by atoms with E-state index in [2.05, 4.69) is 10.00 Å². The fraction of sp³-hybridized carbons (Fsp3) is 0.364. The summed E-state index contributed by atoms with van der Waals surface area (Å²) in [4.78, 5) is 25.1. The molecule has 30 heavy (non-hydrogen) atoms. The van der Waals surface area contributed by atoms with Gasteiger partial charge in [0, 0.05) is 51.3 Å². The molecule has 3 aromatic rings. The Labute approximate surface area is 175 Å². The second-order valence-corrected chi connectivity index (χ2v) is 7.64. The Balaban J connectivity index is 1.69. The lowest BCUT2D eigenvalue weighted by molar-refractivity contribution is -0.129. The van der Waals surface area contributed by atoms with Crippen molar-refractivity contribution in [1.82, 2.24) is 24.6 Å². The van der Waals surface area contributed by atoms with E-state index in [1.165, 1.54) is 12.1 Å². The lowest BCUT2D eigenvalue weighted by atomic mass is 10.1. The Morgan fingerprint density at radius 1 is 1.03 bits per heavy atom. The molecule has 0 bridgehead atoms. The first kappa shape index (κ1) is 20.0. The van der Waals surface area contributed by atoms with Gasteiger partial charge in [-0.2, -0.15) is 5.10 Å². The van der Waals surface area contributed by atoms with Crippen LogP contribution >= 0.6 is 0 Å². The zero-order chi connectivity index (χ0) is 21.3. The molecule has 0 aliphatic carbocycles. The van der Waals surface area contributed by atoms with E-state index in [4.69, 9.17) is 9.97 Å². The third-order valence-electron chi connectivity index (χ3n) is 5.27. The van der Waals surface area contributed by atoms with Gasteiger partial charge in [0.05, 0.1) is 5.69 Å². The second kappa shape index (κ2) is 8.22. The highest BCUT2D eigenvalue weighted by Crippen LogP contribution is 2.20. The molecule has 0 atom stereocenters. The van der Waals surface area contributed by atoms with Crippen LogP contribution < -0.4 is 4.90 Å². The number of aromatic nitrogens is 4. The number of carbonyl (C=O) groups is 1. The van der Waals surface area contributed by atoms with Crippen LogP contribution in [0.15, 0.2) is 36.4 Å². The highest BCUT2D eigenvalue weighted by molar-refractivity contribution is 5.73. The molecule has 0 N–H and O–H groups in total. The van der Waals surface area contributed by atoms with Gasteiger partial charge < -0.3 is 9.80 Å². The Bertz CT molecular complexity index is 1070. The van der Waals surface area contributed by atoms with E-state index in [-0.39, 0.29) is 11.7 Å². The van der Waals surface area contributed by atoms with E-state index in [9.17, 15) is 9.18 Å². The van der Waals surface area contributed by atoms with E-state index in [1.807, 2.05) is 36.9 Å². The fourth-order valence-corrected chi connectivity index (χ4v) is 3.76. The average Bonchev–Trinajstić information content (AvgIpc) is 3.06. The molecule has 3 heterocycles. The van der Waals surface area contributed by atoms with Gasteiger partial charge in [-0.25, -0.2) is 19.0 Å². The summed E-state index contributed by atoms with van der Waals surface area (Å²) in [5.74, 6) is 1.90. The van der Waals surface area contributed by atoms with Crippen LogP contribution in [-0.2, 0) is 11.2 Å². The van der Waals surface area contributed by atoms with E-state index in [0.29, 0.717) is 44.2 Å². The van der Waals surface area contributed by atoms with Crippen molar-refractivity contribution in [3.05, 3.63) is 65.0 Å². The van der Waals surface area contributed by atoms with Gasteiger partial charge in [0.1, 0.15) is 17.5 Å². The van der Waals surface area contributed by atoms with Crippen LogP contribution in [0.25, 0.3) is 5.82 Å². The first-order valence-corrected chi connectivity index (χ1v) is 10.1. The highest BCUT2D eigenvalue weighted by Gasteiger charge is 2.21. The van der Waals surface area contributed by atoms with Gasteiger partial charge in [0.25, 0.3) is 0 Å². The van der Waals surface area contributed by atoms with Gasteiger partial charge in [-0.1, -0.05) is 12.1 Å². The van der Waals surface area contributed by atoms with Crippen LogP contribution in [0.2, 0.25) is 0 Å². The standard InChI is InChI=1S/C22H25FN6O/c1-15-11-16(2)29(26-15)22-14-21(28-9-7-27(8-10-28)17(3)30)24-20(25-22)13-18-5-4-6-19(23)12-18/h4-6,11-12,14H,7-10,13H2,1-3H3. The van der Waals surface area contributed by atoms with Gasteiger partial charge in [0.2, 0.25) is 5.91 Å². The third-order valence-corrected chi connectivity index (χ3v) is 5.27. The van der Waals surface area contributed by atoms with E-state index in [1.54, 1.807) is 17.7 Å². The number of rotatable bonds is 4. The molecular formula is C22H25FN6O. The van der Waals surface area contributed by atoms with Crippen molar-refractivity contribution >= 4 is 11.7 Å². The number of hydrogen-bond acceptors (Lipinski definition) is 5. The van der Waals surface area contributed by atoms with E-state index >= 15 is 0 Å². The lowest BCUT2D eigenvalue weighted by Crippen LogP contribution is -2.48. The molecule has 4 rings (SSSR count). The smallest absolute Gasteiger partial charge is 0.219 e. The zero-order valence-electron chi connectivity index (χ0n) is 17.5. The molecule has 0 unspecified atom stereocenters. The predicted octanol–water partition coefficient (Wildman–Crippen LogP) is 2.68. The summed E-state index contributed by atoms with van der Waals surface area (Å²) in [5, 5.41) is 4.56. The van der Waals surface area contributed by atoms with Crippen LogP contribution in [0.3, 0.4) is 0 Å². The van der Waals surface area contributed by atoms with Crippen molar-refractivity contribution in [3.8, 4) is 5.82 Å². The quantitative estimate of drug-likeness (QED) is 0.664. The van der Waals surface area contributed by atoms with Crippen molar-refractivity contribution in [2.24, 2.45) is 0 Å². The molecule has 1 fully saturated rings. The van der Waals surface area contributed by atoms with Gasteiger partial charge >= 0.3 is 0 Å². The van der Waals surface area contributed by atoms with E-state index in [0.717, 1.165) is 22.8 Å². The number of hydrogen-bond donors (Lipinski definition) is 0. The van der Waals surface area contributed by atoms with Gasteiger partial charge in [-0.15, -0.1) is 0 Å². The number of aryl methyl sites for hydroxylation is 2. The maximum Gasteiger partial charge on any atom is 0.219 e. The topological polar surface area (TPSA) is 67.2 Å². The molecule has 0 saturated carbocycles. The molecule has 7 nitrogen and oxygen atoms in total. The maximum absolute atomic E-state index is 13.6. The highest BCUT2D eigenvalue weighted by atomic mass is 19.1. The zero-order valence-corrected chi connectivity index (χ0v) is 17.5. The number of amides is 1. The maximum atomic E-state index is 13.6. The number of piperazine rings is 1. The van der Waals surface area contributed by atoms with Crippen LogP contribution in [0.5, 0.6) is 0 Å². The molecule has 1 saturated heterocycles. The Morgan fingerprint density at radius 2 is 1.77 bits per heavy atom. The van der Waals surface area contributed by atoms with Crippen molar-refractivity contribution in [2.75, 3.05) is 31.1 Å². The van der Waals surface area contributed by atoms with E-state index < -0.39 is 0 Å². The summed E-state index contributed by atoms with van der Waals surface area (Å²) in [6.45, 7) is 8.25. The van der Waals surface area contributed by atoms with Gasteiger partial charge in [0.15, 0.2) is 5.82 Å².